The molecule has 2 N–H and O–H groups in total. The summed E-state index contributed by atoms with van der Waals surface area (Å²) in [5.74, 6) is 0.196. The van der Waals surface area contributed by atoms with E-state index in [2.05, 4.69) is 25.1 Å². The number of halogens is 1. The van der Waals surface area contributed by atoms with Crippen LogP contribution in [0, 0.1) is 5.82 Å². The van der Waals surface area contributed by atoms with E-state index < -0.39 is 0 Å². The van der Waals surface area contributed by atoms with Crippen molar-refractivity contribution in [3.63, 3.8) is 0 Å². The third-order valence-electron chi connectivity index (χ3n) is 4.87. The van der Waals surface area contributed by atoms with E-state index >= 15 is 0 Å². The summed E-state index contributed by atoms with van der Waals surface area (Å²) in [5.41, 5.74) is 8.65. The summed E-state index contributed by atoms with van der Waals surface area (Å²) in [7, 11) is 1.50. The van der Waals surface area contributed by atoms with E-state index in [4.69, 9.17) is 10.5 Å². The van der Waals surface area contributed by atoms with Crippen molar-refractivity contribution in [2.45, 2.75) is 0 Å². The van der Waals surface area contributed by atoms with E-state index in [1.165, 1.54) is 13.2 Å². The number of rotatable bonds is 3. The van der Waals surface area contributed by atoms with Crippen LogP contribution < -0.4 is 10.5 Å². The molecular formula is C22H15FN6O. The number of benzene rings is 1. The smallest absolute Gasteiger partial charge is 0.244 e. The number of fused-ring (bicyclic) bond motifs is 2. The van der Waals surface area contributed by atoms with Crippen molar-refractivity contribution < 1.29 is 9.13 Å². The fourth-order valence-corrected chi connectivity index (χ4v) is 3.50. The number of pyridine rings is 3. The van der Waals surface area contributed by atoms with Crippen LogP contribution in [0.3, 0.4) is 0 Å². The Morgan fingerprint density at radius 3 is 2.60 bits per heavy atom. The van der Waals surface area contributed by atoms with E-state index in [1.54, 1.807) is 42.7 Å². The Hall–Kier alpha value is -4.20. The number of nitrogens with zero attached hydrogens (tertiary/aromatic N) is 5. The van der Waals surface area contributed by atoms with Gasteiger partial charge in [-0.3, -0.25) is 0 Å². The van der Waals surface area contributed by atoms with Crippen LogP contribution in [0.1, 0.15) is 0 Å². The SMILES string of the molecule is COc1nnc(-c2cc(-c3ccccc3F)nc3ncccc23)c2ccnc(N)c12. The average molecular weight is 398 g/mol. The van der Waals surface area contributed by atoms with Gasteiger partial charge in [-0.2, -0.15) is 0 Å². The fourth-order valence-electron chi connectivity index (χ4n) is 3.50. The van der Waals surface area contributed by atoms with E-state index in [0.717, 1.165) is 5.39 Å². The minimum Gasteiger partial charge on any atom is -0.479 e. The van der Waals surface area contributed by atoms with Crippen molar-refractivity contribution in [3.05, 3.63) is 66.7 Å². The maximum Gasteiger partial charge on any atom is 0.244 e. The van der Waals surface area contributed by atoms with Crippen LogP contribution in [0.5, 0.6) is 5.88 Å². The third kappa shape index (κ3) is 2.77. The number of hydrogen-bond acceptors (Lipinski definition) is 7. The first kappa shape index (κ1) is 17.9. The number of hydrogen-bond donors (Lipinski definition) is 1. The molecule has 5 rings (SSSR count). The van der Waals surface area contributed by atoms with Crippen LogP contribution in [0.2, 0.25) is 0 Å². The molecule has 0 aliphatic heterocycles. The number of anilines is 1. The van der Waals surface area contributed by atoms with Gasteiger partial charge in [-0.25, -0.2) is 19.3 Å². The standard InChI is InChI=1S/C22H15FN6O/c1-30-22-18-14(8-10-25-20(18)24)19(28-29-22)15-11-17(13-5-2-3-7-16(13)23)27-21-12(15)6-4-9-26-21/h2-11H,1H3,(H2,24,25). The number of methoxy groups -OCH3 is 1. The molecule has 7 nitrogen and oxygen atoms in total. The highest BCUT2D eigenvalue weighted by atomic mass is 19.1. The third-order valence-corrected chi connectivity index (χ3v) is 4.87. The van der Waals surface area contributed by atoms with Crippen molar-refractivity contribution in [1.29, 1.82) is 0 Å². The molecule has 0 radical (unpaired) electrons. The second-order valence-electron chi connectivity index (χ2n) is 6.59. The first-order chi connectivity index (χ1) is 14.7. The van der Waals surface area contributed by atoms with E-state index in [0.29, 0.717) is 38.9 Å². The van der Waals surface area contributed by atoms with Crippen LogP contribution in [0.4, 0.5) is 10.2 Å². The van der Waals surface area contributed by atoms with Crippen molar-refractivity contribution in [3.8, 4) is 28.4 Å². The molecule has 30 heavy (non-hydrogen) atoms. The largest absolute Gasteiger partial charge is 0.479 e. The maximum atomic E-state index is 14.5. The second-order valence-corrected chi connectivity index (χ2v) is 6.59. The van der Waals surface area contributed by atoms with Gasteiger partial charge in [0, 0.05) is 34.3 Å². The van der Waals surface area contributed by atoms with Crippen LogP contribution in [-0.4, -0.2) is 32.3 Å². The summed E-state index contributed by atoms with van der Waals surface area (Å²) in [6.45, 7) is 0. The molecule has 0 unspecified atom stereocenters. The second kappa shape index (κ2) is 7.00. The molecule has 0 fully saturated rings. The zero-order valence-corrected chi connectivity index (χ0v) is 15.9. The van der Waals surface area contributed by atoms with Gasteiger partial charge in [-0.15, -0.1) is 10.2 Å². The van der Waals surface area contributed by atoms with Gasteiger partial charge in [0.15, 0.2) is 5.65 Å². The lowest BCUT2D eigenvalue weighted by molar-refractivity contribution is 0.398. The Morgan fingerprint density at radius 1 is 0.900 bits per heavy atom. The molecular weight excluding hydrogens is 383 g/mol. The normalized spacial score (nSPS) is 11.1. The van der Waals surface area contributed by atoms with Gasteiger partial charge in [0.25, 0.3) is 0 Å². The lowest BCUT2D eigenvalue weighted by atomic mass is 10.00. The molecule has 4 aromatic heterocycles. The summed E-state index contributed by atoms with van der Waals surface area (Å²) in [6.07, 6.45) is 3.24. The van der Waals surface area contributed by atoms with Crippen LogP contribution in [0.15, 0.2) is 60.9 Å². The van der Waals surface area contributed by atoms with Crippen LogP contribution >= 0.6 is 0 Å². The van der Waals surface area contributed by atoms with Crippen molar-refractivity contribution >= 4 is 27.6 Å². The zero-order chi connectivity index (χ0) is 20.7. The Morgan fingerprint density at radius 2 is 1.77 bits per heavy atom. The highest BCUT2D eigenvalue weighted by Gasteiger charge is 2.19. The maximum absolute atomic E-state index is 14.5. The molecule has 4 heterocycles. The van der Waals surface area contributed by atoms with Gasteiger partial charge in [0.1, 0.15) is 17.3 Å². The minimum atomic E-state index is -0.370. The van der Waals surface area contributed by atoms with Crippen molar-refractivity contribution in [2.24, 2.45) is 0 Å². The van der Waals surface area contributed by atoms with Gasteiger partial charge in [0.2, 0.25) is 5.88 Å². The number of nitrogens with two attached hydrogens (primary N) is 1. The monoisotopic (exact) mass is 398 g/mol. The molecule has 1 aromatic carbocycles. The topological polar surface area (TPSA) is 99.7 Å². The molecule has 8 heteroatoms. The van der Waals surface area contributed by atoms with E-state index in [9.17, 15) is 4.39 Å². The van der Waals surface area contributed by atoms with Gasteiger partial charge in [-0.1, -0.05) is 12.1 Å². The lowest BCUT2D eigenvalue weighted by Gasteiger charge is -2.13. The molecule has 0 saturated heterocycles. The Balaban J connectivity index is 1.88. The average Bonchev–Trinajstić information content (AvgIpc) is 2.78. The van der Waals surface area contributed by atoms with Crippen LogP contribution in [-0.2, 0) is 0 Å². The summed E-state index contributed by atoms with van der Waals surface area (Å²) < 4.78 is 19.8. The Bertz CT molecular complexity index is 1420. The summed E-state index contributed by atoms with van der Waals surface area (Å²) in [4.78, 5) is 13.1. The van der Waals surface area contributed by atoms with Gasteiger partial charge in [-0.05, 0) is 36.4 Å². The summed E-state index contributed by atoms with van der Waals surface area (Å²) in [6, 6.07) is 13.8. The highest BCUT2D eigenvalue weighted by Crippen LogP contribution is 2.37. The first-order valence-electron chi connectivity index (χ1n) is 9.13. The van der Waals surface area contributed by atoms with Gasteiger partial charge >= 0.3 is 0 Å². The predicted molar refractivity (Wildman–Crippen MR) is 112 cm³/mol. The summed E-state index contributed by atoms with van der Waals surface area (Å²) in [5, 5.41) is 10.6. The van der Waals surface area contributed by atoms with E-state index in [-0.39, 0.29) is 17.5 Å². The molecule has 0 amide bonds. The molecule has 0 aliphatic rings. The quantitative estimate of drug-likeness (QED) is 0.490. The van der Waals surface area contributed by atoms with Crippen molar-refractivity contribution in [2.75, 3.05) is 12.8 Å². The van der Waals surface area contributed by atoms with E-state index in [1.807, 2.05) is 12.1 Å². The molecule has 0 atom stereocenters. The Kier molecular flexibility index (Phi) is 4.17. The Labute approximate surface area is 170 Å². The minimum absolute atomic E-state index is 0.283. The molecule has 0 saturated carbocycles. The van der Waals surface area contributed by atoms with Gasteiger partial charge < -0.3 is 10.5 Å². The number of aromatic nitrogens is 5. The zero-order valence-electron chi connectivity index (χ0n) is 15.9. The molecule has 0 spiro atoms. The van der Waals surface area contributed by atoms with Crippen LogP contribution in [0.25, 0.3) is 44.3 Å². The highest BCUT2D eigenvalue weighted by molar-refractivity contribution is 6.07. The first-order valence-corrected chi connectivity index (χ1v) is 9.13. The lowest BCUT2D eigenvalue weighted by Crippen LogP contribution is -2.01. The van der Waals surface area contributed by atoms with Crippen molar-refractivity contribution in [1.82, 2.24) is 25.1 Å². The molecule has 146 valence electrons. The number of nitrogen functional groups attached to an aromatic ring is 1. The molecule has 0 aliphatic carbocycles. The summed E-state index contributed by atoms with van der Waals surface area (Å²) >= 11 is 0. The fraction of sp³-hybridized carbons (Fsp3) is 0.0455. The molecule has 0 bridgehead atoms. The molecule has 5 aromatic rings. The predicted octanol–water partition coefficient (Wildman–Crippen LogP) is 4.03. The van der Waals surface area contributed by atoms with Gasteiger partial charge in [0.05, 0.1) is 18.2 Å². The number of ether oxygens (including phenoxy) is 1.